The minimum Gasteiger partial charge on any atom is -0.493 e. The summed E-state index contributed by atoms with van der Waals surface area (Å²) in [5, 5.41) is 0.889. The zero-order valence-electron chi connectivity index (χ0n) is 24.6. The molecular formula is C38H28N2O5. The fourth-order valence-electron chi connectivity index (χ4n) is 7.86. The summed E-state index contributed by atoms with van der Waals surface area (Å²) >= 11 is 0. The Morgan fingerprint density at radius 2 is 1.53 bits per heavy atom. The number of Topliss-reactive ketones (excluding diaryl/α,β-unsaturated/α-hetero) is 3. The Kier molecular flexibility index (Phi) is 6.00. The third kappa shape index (κ3) is 3.52. The predicted molar refractivity (Wildman–Crippen MR) is 171 cm³/mol. The number of fused-ring (bicyclic) bond motifs is 7. The van der Waals surface area contributed by atoms with Crippen LogP contribution < -0.4 is 14.4 Å². The summed E-state index contributed by atoms with van der Waals surface area (Å²) in [7, 11) is 3.07. The maximum atomic E-state index is 15.0. The largest absolute Gasteiger partial charge is 0.493 e. The van der Waals surface area contributed by atoms with Gasteiger partial charge in [-0.1, -0.05) is 97.1 Å². The van der Waals surface area contributed by atoms with Crippen LogP contribution in [0.5, 0.6) is 11.5 Å². The number of nitrogens with zero attached hydrogens (tertiary/aromatic N) is 2. The number of rotatable bonds is 5. The van der Waals surface area contributed by atoms with Gasteiger partial charge in [0.1, 0.15) is 11.5 Å². The van der Waals surface area contributed by atoms with Crippen LogP contribution in [0.4, 0.5) is 5.69 Å². The number of carbonyl (C=O) groups excluding carboxylic acids is 3. The van der Waals surface area contributed by atoms with Crippen LogP contribution in [0.15, 0.2) is 109 Å². The van der Waals surface area contributed by atoms with Crippen molar-refractivity contribution in [3.05, 3.63) is 137 Å². The first-order valence-electron chi connectivity index (χ1n) is 14.9. The molecule has 5 aromatic rings. The molecule has 1 saturated heterocycles. The summed E-state index contributed by atoms with van der Waals surface area (Å²) in [6, 6.07) is 27.5. The lowest BCUT2D eigenvalue weighted by atomic mass is 9.64. The van der Waals surface area contributed by atoms with E-state index in [0.29, 0.717) is 39.3 Å². The maximum Gasteiger partial charge on any atom is 0.185 e. The monoisotopic (exact) mass is 592 g/mol. The summed E-state index contributed by atoms with van der Waals surface area (Å²) in [6.07, 6.45) is 5.59. The maximum absolute atomic E-state index is 15.0. The number of hydrogen-bond acceptors (Lipinski definition) is 7. The first kappa shape index (κ1) is 27.0. The van der Waals surface area contributed by atoms with Gasteiger partial charge in [0.2, 0.25) is 0 Å². The quantitative estimate of drug-likeness (QED) is 0.169. The number of benzene rings is 4. The summed E-state index contributed by atoms with van der Waals surface area (Å²) in [6.45, 7) is 0. The van der Waals surface area contributed by atoms with Crippen LogP contribution in [0.3, 0.4) is 0 Å². The molecule has 8 rings (SSSR count). The number of anilines is 1. The van der Waals surface area contributed by atoms with Crippen LogP contribution in [0, 0.1) is 5.41 Å². The number of carbonyl (C=O) groups is 3. The Morgan fingerprint density at radius 3 is 2.24 bits per heavy atom. The number of aromatic nitrogens is 1. The Balaban J connectivity index is 1.51. The van der Waals surface area contributed by atoms with E-state index in [1.165, 1.54) is 7.11 Å². The minimum absolute atomic E-state index is 0.210. The van der Waals surface area contributed by atoms with Crippen LogP contribution in [-0.4, -0.2) is 48.6 Å². The second-order valence-electron chi connectivity index (χ2n) is 11.6. The normalized spacial score (nSPS) is 20.7. The number of hydrogen-bond donors (Lipinski definition) is 0. The van der Waals surface area contributed by atoms with Gasteiger partial charge in [0.15, 0.2) is 28.8 Å². The lowest BCUT2D eigenvalue weighted by Gasteiger charge is -2.37. The molecule has 2 aliphatic heterocycles. The predicted octanol–water partition coefficient (Wildman–Crippen LogP) is 6.57. The minimum atomic E-state index is -1.68. The average Bonchev–Trinajstić information content (AvgIpc) is 3.53. The van der Waals surface area contributed by atoms with Crippen molar-refractivity contribution in [2.75, 3.05) is 19.1 Å². The van der Waals surface area contributed by atoms with Crippen molar-refractivity contribution in [3.8, 4) is 11.5 Å². The fourth-order valence-corrected chi connectivity index (χ4v) is 7.86. The Bertz CT molecular complexity index is 2050. The summed E-state index contributed by atoms with van der Waals surface area (Å²) < 4.78 is 11.6. The van der Waals surface area contributed by atoms with Crippen LogP contribution in [0.1, 0.15) is 48.1 Å². The van der Waals surface area contributed by atoms with Gasteiger partial charge >= 0.3 is 0 Å². The van der Waals surface area contributed by atoms with Crippen LogP contribution in [0.2, 0.25) is 0 Å². The summed E-state index contributed by atoms with van der Waals surface area (Å²) in [4.78, 5) is 51.8. The van der Waals surface area contributed by atoms with Crippen LogP contribution >= 0.6 is 0 Å². The molecule has 4 aromatic carbocycles. The highest BCUT2D eigenvalue weighted by molar-refractivity contribution is 6.32. The van der Waals surface area contributed by atoms with Crippen LogP contribution in [0.25, 0.3) is 17.0 Å². The van der Waals surface area contributed by atoms with Gasteiger partial charge in [0, 0.05) is 39.8 Å². The molecule has 1 aliphatic carbocycles. The molecule has 1 aromatic heterocycles. The van der Waals surface area contributed by atoms with Gasteiger partial charge in [-0.05, 0) is 17.7 Å². The summed E-state index contributed by atoms with van der Waals surface area (Å²) in [5.74, 6) is -0.943. The van der Waals surface area contributed by atoms with Crippen molar-refractivity contribution in [1.82, 2.24) is 4.98 Å². The van der Waals surface area contributed by atoms with E-state index >= 15 is 14.4 Å². The topological polar surface area (TPSA) is 85.8 Å². The molecule has 3 atom stereocenters. The van der Waals surface area contributed by atoms with Crippen LogP contribution in [-0.2, 0) is 0 Å². The van der Waals surface area contributed by atoms with Gasteiger partial charge < -0.3 is 14.4 Å². The zero-order valence-corrected chi connectivity index (χ0v) is 24.6. The Morgan fingerprint density at radius 1 is 0.800 bits per heavy atom. The molecule has 1 fully saturated rings. The lowest BCUT2D eigenvalue weighted by molar-refractivity contribution is 0.0664. The van der Waals surface area contributed by atoms with Gasteiger partial charge in [-0.25, -0.2) is 0 Å². The first-order valence-corrected chi connectivity index (χ1v) is 14.9. The van der Waals surface area contributed by atoms with E-state index in [9.17, 15) is 0 Å². The zero-order chi connectivity index (χ0) is 30.9. The molecule has 0 bridgehead atoms. The fraction of sp³-hybridized carbons (Fsp3) is 0.158. The van der Waals surface area contributed by atoms with Crippen molar-refractivity contribution < 1.29 is 23.9 Å². The van der Waals surface area contributed by atoms with E-state index in [-0.39, 0.29) is 17.3 Å². The molecule has 0 amide bonds. The second kappa shape index (κ2) is 9.99. The molecular weight excluding hydrogens is 564 g/mol. The van der Waals surface area contributed by atoms with Crippen molar-refractivity contribution in [2.45, 2.75) is 18.0 Å². The third-order valence-electron chi connectivity index (χ3n) is 9.63. The molecule has 220 valence electrons. The van der Waals surface area contributed by atoms with E-state index in [0.717, 1.165) is 16.6 Å². The highest BCUT2D eigenvalue weighted by Gasteiger charge is 2.72. The van der Waals surface area contributed by atoms with Crippen molar-refractivity contribution in [2.24, 2.45) is 5.41 Å². The van der Waals surface area contributed by atoms with E-state index in [1.54, 1.807) is 55.8 Å². The average molecular weight is 593 g/mol. The van der Waals surface area contributed by atoms with Gasteiger partial charge in [-0.2, -0.15) is 0 Å². The number of para-hydroxylation sites is 1. The number of pyridine rings is 1. The van der Waals surface area contributed by atoms with E-state index in [4.69, 9.17) is 14.5 Å². The SMILES string of the molecule is COc1cccc([C@H]2[C@H](C(=O)c3ccccc3)N3c4c(ccc5cccnc45)C=CC3C23C(=O)c2ccccc2C3=O)c1OC. The van der Waals surface area contributed by atoms with E-state index in [1.807, 2.05) is 71.6 Å². The number of ketones is 3. The smallest absolute Gasteiger partial charge is 0.185 e. The molecule has 0 radical (unpaired) electrons. The molecule has 3 aliphatic rings. The lowest BCUT2D eigenvalue weighted by Crippen LogP contribution is -2.48. The highest BCUT2D eigenvalue weighted by Crippen LogP contribution is 2.63. The van der Waals surface area contributed by atoms with Gasteiger partial charge in [0.25, 0.3) is 0 Å². The Hall–Kier alpha value is -5.56. The van der Waals surface area contributed by atoms with Crippen molar-refractivity contribution >= 4 is 40.0 Å². The first-order chi connectivity index (χ1) is 22.0. The van der Waals surface area contributed by atoms with E-state index < -0.39 is 23.4 Å². The molecule has 7 heteroatoms. The second-order valence-corrected chi connectivity index (χ2v) is 11.6. The van der Waals surface area contributed by atoms with Crippen molar-refractivity contribution in [1.29, 1.82) is 0 Å². The molecule has 45 heavy (non-hydrogen) atoms. The molecule has 7 nitrogen and oxygen atoms in total. The van der Waals surface area contributed by atoms with E-state index in [2.05, 4.69) is 0 Å². The van der Waals surface area contributed by atoms with Gasteiger partial charge in [-0.3, -0.25) is 19.4 Å². The van der Waals surface area contributed by atoms with Gasteiger partial charge in [-0.15, -0.1) is 0 Å². The molecule has 3 heterocycles. The molecule has 1 spiro atoms. The summed E-state index contributed by atoms with van der Waals surface area (Å²) in [5.41, 5.74) is 2.34. The molecule has 1 unspecified atom stereocenters. The van der Waals surface area contributed by atoms with Gasteiger partial charge in [0.05, 0.1) is 31.5 Å². The standard InChI is InChI=1S/C38H28N2O5/c1-44-28-16-8-15-27(35(28)45-2)30-33(34(41)24-10-4-3-5-11-24)40-29(38(30)36(42)25-13-6-7-14-26(25)37(38)43)20-19-23-18-17-22-12-9-21-39-31(22)32(23)40/h3-21,29-30,33H,1-2H3/t29?,30-,33+/m0/s1. The number of methoxy groups -OCH3 is 2. The third-order valence-corrected chi connectivity index (χ3v) is 9.63. The highest BCUT2D eigenvalue weighted by atomic mass is 16.5. The van der Waals surface area contributed by atoms with Crippen molar-refractivity contribution in [3.63, 3.8) is 0 Å². The Labute approximate surface area is 259 Å². The number of ether oxygens (including phenoxy) is 2. The molecule has 0 N–H and O–H groups in total. The molecule has 0 saturated carbocycles.